The first-order valence-corrected chi connectivity index (χ1v) is 7.59. The normalized spacial score (nSPS) is 18.3. The maximum Gasteiger partial charge on any atom is 0.270 e. The summed E-state index contributed by atoms with van der Waals surface area (Å²) in [7, 11) is 0. The van der Waals surface area contributed by atoms with Crippen LogP contribution in [0, 0.1) is 6.92 Å². The molecule has 1 amide bonds. The number of rotatable bonds is 3. The van der Waals surface area contributed by atoms with Crippen LogP contribution < -0.4 is 5.32 Å². The van der Waals surface area contributed by atoms with Gasteiger partial charge in [-0.05, 0) is 31.4 Å². The van der Waals surface area contributed by atoms with Crippen molar-refractivity contribution in [1.29, 1.82) is 0 Å². The van der Waals surface area contributed by atoms with Gasteiger partial charge in [-0.2, -0.15) is 0 Å². The summed E-state index contributed by atoms with van der Waals surface area (Å²) < 4.78 is 0. The molecular formula is C14H19BrN2O. The molecule has 18 heavy (non-hydrogen) atoms. The fraction of sp³-hybridized carbons (Fsp3) is 0.571. The van der Waals surface area contributed by atoms with Crippen LogP contribution in [-0.4, -0.2) is 21.8 Å². The van der Waals surface area contributed by atoms with Gasteiger partial charge in [-0.15, -0.1) is 0 Å². The van der Waals surface area contributed by atoms with Crippen LogP contribution in [0.3, 0.4) is 0 Å². The monoisotopic (exact) mass is 310 g/mol. The largest absolute Gasteiger partial charge is 0.344 e. The Bertz CT molecular complexity index is 428. The molecule has 0 bridgehead atoms. The van der Waals surface area contributed by atoms with Crippen molar-refractivity contribution in [3.63, 3.8) is 0 Å². The van der Waals surface area contributed by atoms with Gasteiger partial charge in [-0.25, -0.2) is 0 Å². The molecule has 98 valence electrons. The fourth-order valence-electron chi connectivity index (χ4n) is 2.54. The molecule has 0 aromatic carbocycles. The summed E-state index contributed by atoms with van der Waals surface area (Å²) in [5.74, 6) is -0.0468. The first-order chi connectivity index (χ1) is 8.67. The molecule has 1 aromatic rings. The van der Waals surface area contributed by atoms with Crippen molar-refractivity contribution in [3.8, 4) is 0 Å². The molecule has 1 aliphatic carbocycles. The molecule has 1 heterocycles. The number of amides is 1. The van der Waals surface area contributed by atoms with Crippen LogP contribution >= 0.6 is 15.9 Å². The quantitative estimate of drug-likeness (QED) is 0.871. The second-order valence-electron chi connectivity index (χ2n) is 5.10. The van der Waals surface area contributed by atoms with E-state index in [0.717, 1.165) is 23.7 Å². The van der Waals surface area contributed by atoms with E-state index in [1.165, 1.54) is 19.3 Å². The molecule has 3 nitrogen and oxygen atoms in total. The molecule has 4 heteroatoms. The van der Waals surface area contributed by atoms with Crippen LogP contribution in [0.2, 0.25) is 0 Å². The lowest BCUT2D eigenvalue weighted by Crippen LogP contribution is -2.51. The number of nitrogens with one attached hydrogen (secondary N) is 1. The van der Waals surface area contributed by atoms with Crippen LogP contribution in [0.15, 0.2) is 18.3 Å². The van der Waals surface area contributed by atoms with Gasteiger partial charge >= 0.3 is 0 Å². The number of carbonyl (C=O) groups is 1. The maximum absolute atomic E-state index is 12.3. The summed E-state index contributed by atoms with van der Waals surface area (Å²) in [6.45, 7) is 1.92. The first kappa shape index (κ1) is 13.5. The second kappa shape index (κ2) is 5.83. The number of nitrogens with zero attached hydrogens (tertiary/aromatic N) is 1. The topological polar surface area (TPSA) is 42.0 Å². The standard InChI is InChI=1S/C14H19BrN2O/c1-11-6-5-9-16-12(11)13(18)17-14(10-15)7-3-2-4-8-14/h5-6,9H,2-4,7-8,10H2,1H3,(H,17,18). The molecule has 0 radical (unpaired) electrons. The Morgan fingerprint density at radius 1 is 1.44 bits per heavy atom. The van der Waals surface area contributed by atoms with Gasteiger partial charge in [0, 0.05) is 11.5 Å². The van der Waals surface area contributed by atoms with Crippen LogP contribution in [0.1, 0.15) is 48.2 Å². The Morgan fingerprint density at radius 2 is 2.17 bits per heavy atom. The Morgan fingerprint density at radius 3 is 2.78 bits per heavy atom. The number of halogens is 1. The lowest BCUT2D eigenvalue weighted by molar-refractivity contribution is 0.0880. The summed E-state index contributed by atoms with van der Waals surface area (Å²) in [6, 6.07) is 3.77. The summed E-state index contributed by atoms with van der Waals surface area (Å²) in [5, 5.41) is 4.01. The second-order valence-corrected chi connectivity index (χ2v) is 5.66. The summed E-state index contributed by atoms with van der Waals surface area (Å²) in [4.78, 5) is 16.5. The summed E-state index contributed by atoms with van der Waals surface area (Å²) in [6.07, 6.45) is 7.42. The molecule has 2 rings (SSSR count). The number of hydrogen-bond acceptors (Lipinski definition) is 2. The SMILES string of the molecule is Cc1cccnc1C(=O)NC1(CBr)CCCCC1. The molecule has 0 atom stereocenters. The zero-order valence-corrected chi connectivity index (χ0v) is 12.3. The minimum atomic E-state index is -0.0840. The third kappa shape index (κ3) is 2.91. The van der Waals surface area contributed by atoms with E-state index in [9.17, 15) is 4.79 Å². The average Bonchev–Trinajstić information content (AvgIpc) is 2.40. The third-order valence-corrected chi connectivity index (χ3v) is 4.74. The van der Waals surface area contributed by atoms with Crippen LogP contribution in [-0.2, 0) is 0 Å². The predicted octanol–water partition coefficient (Wildman–Crippen LogP) is 3.22. The van der Waals surface area contributed by atoms with Crippen molar-refractivity contribution in [2.75, 3.05) is 5.33 Å². The average molecular weight is 311 g/mol. The lowest BCUT2D eigenvalue weighted by atomic mass is 9.83. The molecule has 1 aromatic heterocycles. The van der Waals surface area contributed by atoms with Crippen LogP contribution in [0.25, 0.3) is 0 Å². The van der Waals surface area contributed by atoms with Crippen molar-refractivity contribution in [2.24, 2.45) is 0 Å². The van der Waals surface area contributed by atoms with Gasteiger partial charge in [0.15, 0.2) is 0 Å². The Balaban J connectivity index is 2.13. The number of pyridine rings is 1. The van der Waals surface area contributed by atoms with Gasteiger partial charge in [0.25, 0.3) is 5.91 Å². The molecule has 1 saturated carbocycles. The van der Waals surface area contributed by atoms with E-state index in [2.05, 4.69) is 26.2 Å². The van der Waals surface area contributed by atoms with Gasteiger partial charge in [0.1, 0.15) is 5.69 Å². The van der Waals surface area contributed by atoms with E-state index in [0.29, 0.717) is 5.69 Å². The molecule has 0 saturated heterocycles. The number of hydrogen-bond donors (Lipinski definition) is 1. The highest BCUT2D eigenvalue weighted by molar-refractivity contribution is 9.09. The van der Waals surface area contributed by atoms with Gasteiger partial charge in [-0.3, -0.25) is 9.78 Å². The zero-order chi connectivity index (χ0) is 13.0. The lowest BCUT2D eigenvalue weighted by Gasteiger charge is -2.36. The number of aromatic nitrogens is 1. The maximum atomic E-state index is 12.3. The number of aryl methyl sites for hydroxylation is 1. The summed E-state index contributed by atoms with van der Waals surface area (Å²) in [5.41, 5.74) is 1.39. The highest BCUT2D eigenvalue weighted by Gasteiger charge is 2.33. The van der Waals surface area contributed by atoms with E-state index < -0.39 is 0 Å². The molecule has 1 aliphatic rings. The Labute approximate surface area is 117 Å². The van der Waals surface area contributed by atoms with E-state index in [4.69, 9.17) is 0 Å². The van der Waals surface area contributed by atoms with Crippen molar-refractivity contribution in [1.82, 2.24) is 10.3 Å². The van der Waals surface area contributed by atoms with Crippen molar-refractivity contribution in [2.45, 2.75) is 44.6 Å². The number of carbonyl (C=O) groups excluding carboxylic acids is 1. The van der Waals surface area contributed by atoms with Crippen LogP contribution in [0.4, 0.5) is 0 Å². The zero-order valence-electron chi connectivity index (χ0n) is 10.7. The highest BCUT2D eigenvalue weighted by atomic mass is 79.9. The summed E-state index contributed by atoms with van der Waals surface area (Å²) >= 11 is 3.55. The van der Waals surface area contributed by atoms with Gasteiger partial charge < -0.3 is 5.32 Å². The minimum Gasteiger partial charge on any atom is -0.344 e. The van der Waals surface area contributed by atoms with Crippen molar-refractivity contribution in [3.05, 3.63) is 29.6 Å². The third-order valence-electron chi connectivity index (χ3n) is 3.67. The molecule has 0 spiro atoms. The molecule has 0 aliphatic heterocycles. The smallest absolute Gasteiger partial charge is 0.270 e. The first-order valence-electron chi connectivity index (χ1n) is 6.47. The van der Waals surface area contributed by atoms with Crippen molar-refractivity contribution < 1.29 is 4.79 Å². The molecule has 1 fully saturated rings. The van der Waals surface area contributed by atoms with E-state index >= 15 is 0 Å². The van der Waals surface area contributed by atoms with E-state index in [-0.39, 0.29) is 11.4 Å². The molecule has 1 N–H and O–H groups in total. The van der Waals surface area contributed by atoms with E-state index in [1.807, 2.05) is 19.1 Å². The Kier molecular flexibility index (Phi) is 4.38. The van der Waals surface area contributed by atoms with Gasteiger partial charge in [0.05, 0.1) is 5.54 Å². The number of alkyl halides is 1. The molecule has 0 unspecified atom stereocenters. The fourth-order valence-corrected chi connectivity index (χ4v) is 3.24. The highest BCUT2D eigenvalue weighted by Crippen LogP contribution is 2.30. The van der Waals surface area contributed by atoms with Gasteiger partial charge in [0.2, 0.25) is 0 Å². The van der Waals surface area contributed by atoms with Gasteiger partial charge in [-0.1, -0.05) is 41.3 Å². The minimum absolute atomic E-state index is 0.0468. The van der Waals surface area contributed by atoms with Crippen molar-refractivity contribution >= 4 is 21.8 Å². The van der Waals surface area contributed by atoms with Crippen LogP contribution in [0.5, 0.6) is 0 Å². The van der Waals surface area contributed by atoms with E-state index in [1.54, 1.807) is 6.20 Å². The molecular weight excluding hydrogens is 292 g/mol. The predicted molar refractivity (Wildman–Crippen MR) is 76.1 cm³/mol. The Hall–Kier alpha value is -0.900.